The molecule has 0 aliphatic carbocycles. The molecule has 0 radical (unpaired) electrons. The van der Waals surface area contributed by atoms with Crippen molar-refractivity contribution in [1.29, 1.82) is 0 Å². The van der Waals surface area contributed by atoms with Gasteiger partial charge < -0.3 is 19.5 Å². The molecule has 1 aliphatic heterocycles. The van der Waals surface area contributed by atoms with Crippen LogP contribution in [-0.2, 0) is 7.05 Å². The van der Waals surface area contributed by atoms with Crippen LogP contribution < -0.4 is 20.5 Å². The highest BCUT2D eigenvalue weighted by atomic mass is 32.1. The monoisotopic (exact) mass is 348 g/mol. The summed E-state index contributed by atoms with van der Waals surface area (Å²) in [5.74, 6) is 0.0484. The minimum Gasteiger partial charge on any atom is -0.496 e. The standard InChI is InChI=1S/C16H20N4O3S/c1-19-10-12(13(23-2)8-14(19)21)15(22)18-9-11-4-3-6-20(11)16-17-5-7-24-16/h5,7-8,10-11H,3-4,6,9H2,1-2H3,(H,18,22). The van der Waals surface area contributed by atoms with Crippen LogP contribution in [0.5, 0.6) is 5.75 Å². The molecular weight excluding hydrogens is 328 g/mol. The van der Waals surface area contributed by atoms with Gasteiger partial charge in [0.2, 0.25) is 0 Å². The van der Waals surface area contributed by atoms with Crippen molar-refractivity contribution in [2.45, 2.75) is 18.9 Å². The first kappa shape index (κ1) is 16.5. The summed E-state index contributed by atoms with van der Waals surface area (Å²) in [5.41, 5.74) is 0.146. The third-order valence-corrected chi connectivity index (χ3v) is 5.00. The normalized spacial score (nSPS) is 17.1. The van der Waals surface area contributed by atoms with E-state index in [0.717, 1.165) is 24.5 Å². The summed E-state index contributed by atoms with van der Waals surface area (Å²) in [6.45, 7) is 1.49. The van der Waals surface area contributed by atoms with Crippen LogP contribution in [0.3, 0.4) is 0 Å². The van der Waals surface area contributed by atoms with Crippen molar-refractivity contribution in [3.05, 3.63) is 39.8 Å². The highest BCUT2D eigenvalue weighted by Gasteiger charge is 2.27. The molecule has 0 bridgehead atoms. The van der Waals surface area contributed by atoms with Crippen molar-refractivity contribution in [1.82, 2.24) is 14.9 Å². The number of ether oxygens (including phenoxy) is 1. The van der Waals surface area contributed by atoms with Crippen LogP contribution in [0.15, 0.2) is 28.6 Å². The number of carbonyl (C=O) groups is 1. The maximum atomic E-state index is 12.5. The van der Waals surface area contributed by atoms with E-state index in [4.69, 9.17) is 4.74 Å². The van der Waals surface area contributed by atoms with Crippen LogP contribution in [-0.4, -0.2) is 41.7 Å². The van der Waals surface area contributed by atoms with Crippen LogP contribution in [0.1, 0.15) is 23.2 Å². The molecule has 3 rings (SSSR count). The molecule has 0 spiro atoms. The van der Waals surface area contributed by atoms with Gasteiger partial charge in [-0.15, -0.1) is 11.3 Å². The van der Waals surface area contributed by atoms with E-state index in [1.54, 1.807) is 24.6 Å². The number of carbonyl (C=O) groups excluding carboxylic acids is 1. The first-order valence-corrected chi connectivity index (χ1v) is 8.67. The first-order chi connectivity index (χ1) is 11.6. The smallest absolute Gasteiger partial charge is 0.256 e. The number of aryl methyl sites for hydroxylation is 1. The Morgan fingerprint density at radius 2 is 2.38 bits per heavy atom. The molecule has 7 nitrogen and oxygen atoms in total. The second-order valence-electron chi connectivity index (χ2n) is 5.72. The Labute approximate surface area is 143 Å². The lowest BCUT2D eigenvalue weighted by Crippen LogP contribution is -2.40. The van der Waals surface area contributed by atoms with Crippen molar-refractivity contribution >= 4 is 22.4 Å². The third kappa shape index (κ3) is 3.28. The summed E-state index contributed by atoms with van der Waals surface area (Å²) in [7, 11) is 3.06. The lowest BCUT2D eigenvalue weighted by atomic mass is 10.2. The molecule has 24 heavy (non-hydrogen) atoms. The quantitative estimate of drug-likeness (QED) is 0.880. The van der Waals surface area contributed by atoms with Crippen LogP contribution >= 0.6 is 11.3 Å². The van der Waals surface area contributed by atoms with Crippen LogP contribution in [0.2, 0.25) is 0 Å². The van der Waals surface area contributed by atoms with E-state index in [2.05, 4.69) is 15.2 Å². The molecule has 0 aromatic carbocycles. The summed E-state index contributed by atoms with van der Waals surface area (Å²) in [4.78, 5) is 30.7. The maximum Gasteiger partial charge on any atom is 0.256 e. The number of aromatic nitrogens is 2. The summed E-state index contributed by atoms with van der Waals surface area (Å²) >= 11 is 1.61. The van der Waals surface area contributed by atoms with E-state index in [0.29, 0.717) is 17.9 Å². The highest BCUT2D eigenvalue weighted by Crippen LogP contribution is 2.26. The average Bonchev–Trinajstić information content (AvgIpc) is 3.25. The zero-order chi connectivity index (χ0) is 17.1. The van der Waals surface area contributed by atoms with E-state index >= 15 is 0 Å². The number of hydrogen-bond donors (Lipinski definition) is 1. The van der Waals surface area contributed by atoms with Gasteiger partial charge in [0.1, 0.15) is 5.75 Å². The molecule has 2 aromatic rings. The van der Waals surface area contributed by atoms with Gasteiger partial charge in [0.05, 0.1) is 12.7 Å². The molecule has 1 N–H and O–H groups in total. The third-order valence-electron chi connectivity index (χ3n) is 4.20. The Balaban J connectivity index is 1.69. The van der Waals surface area contributed by atoms with E-state index < -0.39 is 0 Å². The van der Waals surface area contributed by atoms with Crippen molar-refractivity contribution in [2.24, 2.45) is 7.05 Å². The van der Waals surface area contributed by atoms with Gasteiger partial charge in [-0.1, -0.05) is 0 Å². The largest absolute Gasteiger partial charge is 0.496 e. The van der Waals surface area contributed by atoms with Gasteiger partial charge >= 0.3 is 0 Å². The van der Waals surface area contributed by atoms with E-state index in [1.165, 1.54) is 23.9 Å². The molecular formula is C16H20N4O3S. The van der Waals surface area contributed by atoms with Crippen molar-refractivity contribution < 1.29 is 9.53 Å². The minimum atomic E-state index is -0.242. The molecule has 1 amide bonds. The fourth-order valence-electron chi connectivity index (χ4n) is 2.92. The van der Waals surface area contributed by atoms with Crippen LogP contribution in [0, 0.1) is 0 Å². The summed E-state index contributed by atoms with van der Waals surface area (Å²) in [5, 5.41) is 5.90. The van der Waals surface area contributed by atoms with Gasteiger partial charge in [-0.2, -0.15) is 0 Å². The molecule has 128 valence electrons. The highest BCUT2D eigenvalue weighted by molar-refractivity contribution is 7.13. The molecule has 0 saturated carbocycles. The predicted octanol–water partition coefficient (Wildman–Crippen LogP) is 1.25. The molecule has 1 unspecified atom stereocenters. The van der Waals surface area contributed by atoms with Gasteiger partial charge in [-0.25, -0.2) is 4.98 Å². The minimum absolute atomic E-state index is 0.214. The van der Waals surface area contributed by atoms with Gasteiger partial charge in [0.15, 0.2) is 5.13 Å². The Kier molecular flexibility index (Phi) is 4.84. The number of methoxy groups -OCH3 is 1. The number of nitrogens with zero attached hydrogens (tertiary/aromatic N) is 3. The maximum absolute atomic E-state index is 12.5. The van der Waals surface area contributed by atoms with E-state index in [1.807, 2.05) is 5.38 Å². The first-order valence-electron chi connectivity index (χ1n) is 7.79. The van der Waals surface area contributed by atoms with E-state index in [9.17, 15) is 9.59 Å². The molecule has 8 heteroatoms. The summed E-state index contributed by atoms with van der Waals surface area (Å²) in [6.07, 6.45) is 5.40. The molecule has 1 saturated heterocycles. The molecule has 2 aromatic heterocycles. The van der Waals surface area contributed by atoms with Gasteiger partial charge in [-0.05, 0) is 12.8 Å². The second kappa shape index (κ2) is 7.04. The molecule has 1 fully saturated rings. The number of thiazole rings is 1. The molecule has 3 heterocycles. The number of anilines is 1. The van der Waals surface area contributed by atoms with Crippen molar-refractivity contribution in [3.63, 3.8) is 0 Å². The van der Waals surface area contributed by atoms with Gasteiger partial charge in [0, 0.05) is 50.0 Å². The second-order valence-corrected chi connectivity index (χ2v) is 6.59. The Morgan fingerprint density at radius 1 is 1.54 bits per heavy atom. The zero-order valence-corrected chi connectivity index (χ0v) is 14.5. The number of rotatable bonds is 5. The predicted molar refractivity (Wildman–Crippen MR) is 93.1 cm³/mol. The fourth-order valence-corrected chi connectivity index (χ4v) is 3.66. The SMILES string of the molecule is COc1cc(=O)n(C)cc1C(=O)NCC1CCCN1c1nccs1. The Bertz CT molecular complexity index is 772. The number of hydrogen-bond acceptors (Lipinski definition) is 6. The zero-order valence-electron chi connectivity index (χ0n) is 13.7. The number of pyridine rings is 1. The topological polar surface area (TPSA) is 76.5 Å². The molecule has 1 atom stereocenters. The summed E-state index contributed by atoms with van der Waals surface area (Å²) in [6, 6.07) is 1.56. The lowest BCUT2D eigenvalue weighted by Gasteiger charge is -2.24. The molecule has 1 aliphatic rings. The van der Waals surface area contributed by atoms with Gasteiger partial charge in [0.25, 0.3) is 11.5 Å². The number of amides is 1. The Morgan fingerprint density at radius 3 is 3.08 bits per heavy atom. The van der Waals surface area contributed by atoms with Crippen molar-refractivity contribution in [2.75, 3.05) is 25.1 Å². The number of nitrogens with one attached hydrogen (secondary N) is 1. The average molecular weight is 348 g/mol. The van der Waals surface area contributed by atoms with E-state index in [-0.39, 0.29) is 17.5 Å². The summed E-state index contributed by atoms with van der Waals surface area (Å²) < 4.78 is 6.53. The van der Waals surface area contributed by atoms with Crippen molar-refractivity contribution in [3.8, 4) is 5.75 Å². The fraction of sp³-hybridized carbons (Fsp3) is 0.438. The lowest BCUT2D eigenvalue weighted by molar-refractivity contribution is 0.0947. The Hall–Kier alpha value is -2.35. The van der Waals surface area contributed by atoms with Crippen LogP contribution in [0.4, 0.5) is 5.13 Å². The van der Waals surface area contributed by atoms with Crippen LogP contribution in [0.25, 0.3) is 0 Å². The van der Waals surface area contributed by atoms with Gasteiger partial charge in [-0.3, -0.25) is 9.59 Å².